The number of likely N-dealkylation sites (tertiary alicyclic amines) is 1. The van der Waals surface area contributed by atoms with Crippen molar-refractivity contribution in [1.29, 1.82) is 0 Å². The number of H-pyrrole nitrogens is 1. The Balaban J connectivity index is 1.84. The Morgan fingerprint density at radius 3 is 2.19 bits per heavy atom. The molecule has 2 aromatic carbocycles. The highest BCUT2D eigenvalue weighted by Gasteiger charge is 2.32. The second-order valence-electron chi connectivity index (χ2n) is 7.19. The van der Waals surface area contributed by atoms with E-state index in [0.29, 0.717) is 29.2 Å². The highest BCUT2D eigenvalue weighted by molar-refractivity contribution is 6.37. The van der Waals surface area contributed by atoms with E-state index in [1.807, 2.05) is 0 Å². The van der Waals surface area contributed by atoms with Crippen molar-refractivity contribution < 1.29 is 4.79 Å². The molecule has 0 bridgehead atoms. The van der Waals surface area contributed by atoms with Crippen molar-refractivity contribution >= 4 is 40.7 Å². The monoisotopic (exact) mass is 478 g/mol. The molecule has 1 amide bonds. The van der Waals surface area contributed by atoms with Crippen LogP contribution < -0.4 is 11.2 Å². The van der Waals surface area contributed by atoms with Gasteiger partial charge in [0.25, 0.3) is 5.56 Å². The molecule has 4 rings (SSSR count). The number of benzene rings is 2. The molecule has 3 aromatic rings. The number of carbonyl (C=O) groups excluding carboxylic acids is 1. The van der Waals surface area contributed by atoms with Crippen molar-refractivity contribution in [3.05, 3.63) is 89.6 Å². The number of carbonyl (C=O) groups is 1. The molecule has 160 valence electrons. The molecule has 1 atom stereocenters. The average Bonchev–Trinajstić information content (AvgIpc) is 3.26. The lowest BCUT2D eigenvalue weighted by molar-refractivity contribution is -0.130. The fraction of sp³-hybridized carbons (Fsp3) is 0.238. The van der Waals surface area contributed by atoms with Crippen LogP contribution in [-0.2, 0) is 4.79 Å². The minimum absolute atomic E-state index is 0.101. The summed E-state index contributed by atoms with van der Waals surface area (Å²) in [5, 5.41) is 4.78. The van der Waals surface area contributed by atoms with Gasteiger partial charge in [-0.15, -0.1) is 0 Å². The molecule has 1 N–H and O–H groups in total. The standard InChI is InChI=1S/C21H17Cl3N4O3/c22-13-5-3-12(4-6-13)18(20(30)27-7-1-2-8-27)19-15(23)9-14(10-16(19)24)28-21(31)26-17(29)11-25-28/h3-6,9-11,18H,1-2,7-8H2,(H,26,29,31). The summed E-state index contributed by atoms with van der Waals surface area (Å²) in [6, 6.07) is 9.96. The minimum atomic E-state index is -0.732. The van der Waals surface area contributed by atoms with Crippen LogP contribution in [0, 0.1) is 0 Å². The van der Waals surface area contributed by atoms with Gasteiger partial charge in [0.2, 0.25) is 5.91 Å². The second kappa shape index (κ2) is 8.86. The number of halogens is 3. The first-order valence-corrected chi connectivity index (χ1v) is 10.7. The zero-order valence-corrected chi connectivity index (χ0v) is 18.4. The first-order valence-electron chi connectivity index (χ1n) is 9.57. The summed E-state index contributed by atoms with van der Waals surface area (Å²) in [6.07, 6.45) is 2.87. The normalized spacial score (nSPS) is 14.6. The summed E-state index contributed by atoms with van der Waals surface area (Å²) in [5.74, 6) is -0.833. The highest BCUT2D eigenvalue weighted by Crippen LogP contribution is 2.39. The zero-order valence-electron chi connectivity index (χ0n) is 16.1. The van der Waals surface area contributed by atoms with Gasteiger partial charge in [-0.25, -0.2) is 4.79 Å². The molecule has 1 aliphatic rings. The van der Waals surface area contributed by atoms with E-state index < -0.39 is 17.2 Å². The molecule has 0 saturated carbocycles. The maximum atomic E-state index is 13.5. The summed E-state index contributed by atoms with van der Waals surface area (Å²) < 4.78 is 0.975. The van der Waals surface area contributed by atoms with E-state index in [9.17, 15) is 14.4 Å². The first kappa shape index (κ1) is 21.6. The maximum absolute atomic E-state index is 13.5. The predicted molar refractivity (Wildman–Crippen MR) is 120 cm³/mol. The van der Waals surface area contributed by atoms with E-state index in [1.54, 1.807) is 29.2 Å². The van der Waals surface area contributed by atoms with Crippen molar-refractivity contribution in [2.75, 3.05) is 13.1 Å². The van der Waals surface area contributed by atoms with Crippen LogP contribution in [0.3, 0.4) is 0 Å². The molecular formula is C21H17Cl3N4O3. The van der Waals surface area contributed by atoms with Gasteiger partial charge in [-0.2, -0.15) is 9.78 Å². The Bertz CT molecular complexity index is 1220. The third-order valence-electron chi connectivity index (χ3n) is 5.18. The van der Waals surface area contributed by atoms with Crippen LogP contribution in [0.25, 0.3) is 5.69 Å². The Kier molecular flexibility index (Phi) is 6.18. The van der Waals surface area contributed by atoms with E-state index in [4.69, 9.17) is 34.8 Å². The van der Waals surface area contributed by atoms with Crippen LogP contribution in [0.4, 0.5) is 0 Å². The lowest BCUT2D eigenvalue weighted by atomic mass is 9.89. The molecule has 1 saturated heterocycles. The second-order valence-corrected chi connectivity index (χ2v) is 8.44. The van der Waals surface area contributed by atoms with Crippen LogP contribution in [-0.4, -0.2) is 38.7 Å². The average molecular weight is 480 g/mol. The van der Waals surface area contributed by atoms with Crippen LogP contribution >= 0.6 is 34.8 Å². The highest BCUT2D eigenvalue weighted by atomic mass is 35.5. The SMILES string of the molecule is O=C(C(c1ccc(Cl)cc1)c1c(Cl)cc(-n2ncc(=O)[nH]c2=O)cc1Cl)N1CCCC1. The van der Waals surface area contributed by atoms with Crippen LogP contribution in [0.1, 0.15) is 29.9 Å². The number of hydrogen-bond acceptors (Lipinski definition) is 4. The summed E-state index contributed by atoms with van der Waals surface area (Å²) >= 11 is 19.2. The molecule has 0 radical (unpaired) electrons. The van der Waals surface area contributed by atoms with Gasteiger partial charge in [0, 0.05) is 33.7 Å². The van der Waals surface area contributed by atoms with Gasteiger partial charge in [-0.1, -0.05) is 46.9 Å². The first-order chi connectivity index (χ1) is 14.8. The van der Waals surface area contributed by atoms with Crippen molar-refractivity contribution in [2.45, 2.75) is 18.8 Å². The van der Waals surface area contributed by atoms with Crippen LogP contribution in [0.2, 0.25) is 15.1 Å². The molecular weight excluding hydrogens is 463 g/mol. The molecule has 2 heterocycles. The Morgan fingerprint density at radius 1 is 1.00 bits per heavy atom. The summed E-state index contributed by atoms with van der Waals surface area (Å²) in [7, 11) is 0. The number of nitrogens with zero attached hydrogens (tertiary/aromatic N) is 3. The van der Waals surface area contributed by atoms with E-state index in [2.05, 4.69) is 10.1 Å². The van der Waals surface area contributed by atoms with E-state index in [0.717, 1.165) is 23.7 Å². The molecule has 0 spiro atoms. The van der Waals surface area contributed by atoms with Gasteiger partial charge in [0.05, 0.1) is 11.6 Å². The van der Waals surface area contributed by atoms with Gasteiger partial charge in [-0.3, -0.25) is 14.6 Å². The third kappa shape index (κ3) is 4.39. The maximum Gasteiger partial charge on any atom is 0.349 e. The van der Waals surface area contributed by atoms with Crippen molar-refractivity contribution in [1.82, 2.24) is 19.7 Å². The number of aromatic nitrogens is 3. The van der Waals surface area contributed by atoms with Gasteiger partial charge < -0.3 is 4.90 Å². The quantitative estimate of drug-likeness (QED) is 0.619. The van der Waals surface area contributed by atoms with Gasteiger partial charge in [0.1, 0.15) is 6.20 Å². The molecule has 0 aliphatic carbocycles. The predicted octanol–water partition coefficient (Wildman–Crippen LogP) is 3.64. The fourth-order valence-corrected chi connectivity index (χ4v) is 4.53. The summed E-state index contributed by atoms with van der Waals surface area (Å²) in [6.45, 7) is 1.35. The van der Waals surface area contributed by atoms with Gasteiger partial charge in [-0.05, 0) is 42.7 Å². The van der Waals surface area contributed by atoms with Crippen molar-refractivity contribution in [2.24, 2.45) is 0 Å². The fourth-order valence-electron chi connectivity index (χ4n) is 3.71. The van der Waals surface area contributed by atoms with E-state index in [-0.39, 0.29) is 21.6 Å². The van der Waals surface area contributed by atoms with Gasteiger partial charge >= 0.3 is 5.69 Å². The minimum Gasteiger partial charge on any atom is -0.342 e. The molecule has 1 aliphatic heterocycles. The third-order valence-corrected chi connectivity index (χ3v) is 6.06. The van der Waals surface area contributed by atoms with Crippen LogP contribution in [0.5, 0.6) is 0 Å². The van der Waals surface area contributed by atoms with E-state index in [1.165, 1.54) is 12.1 Å². The number of rotatable bonds is 4. The van der Waals surface area contributed by atoms with Crippen molar-refractivity contribution in [3.8, 4) is 5.69 Å². The van der Waals surface area contributed by atoms with E-state index >= 15 is 0 Å². The molecule has 31 heavy (non-hydrogen) atoms. The molecule has 1 aromatic heterocycles. The summed E-state index contributed by atoms with van der Waals surface area (Å²) in [5.41, 5.74) is 0.0632. The molecule has 1 fully saturated rings. The largest absolute Gasteiger partial charge is 0.349 e. The molecule has 7 nitrogen and oxygen atoms in total. The Labute approximate surface area is 192 Å². The lowest BCUT2D eigenvalue weighted by Crippen LogP contribution is -2.33. The summed E-state index contributed by atoms with van der Waals surface area (Å²) in [4.78, 5) is 40.8. The zero-order chi connectivity index (χ0) is 22.1. The smallest absolute Gasteiger partial charge is 0.342 e. The Morgan fingerprint density at radius 2 is 1.61 bits per heavy atom. The number of amides is 1. The number of hydrogen-bond donors (Lipinski definition) is 1. The number of aromatic amines is 1. The molecule has 1 unspecified atom stereocenters. The van der Waals surface area contributed by atoms with Crippen molar-refractivity contribution in [3.63, 3.8) is 0 Å². The van der Waals surface area contributed by atoms with Gasteiger partial charge in [0.15, 0.2) is 0 Å². The number of nitrogens with one attached hydrogen (secondary N) is 1. The molecule has 10 heteroatoms. The van der Waals surface area contributed by atoms with Crippen LogP contribution in [0.15, 0.2) is 52.2 Å². The topological polar surface area (TPSA) is 88.1 Å². The lowest BCUT2D eigenvalue weighted by Gasteiger charge is -2.26. The Hall–Kier alpha value is -2.61.